The molecular weight excluding hydrogens is 212 g/mol. The third kappa shape index (κ3) is 2.29. The first-order valence-corrected chi connectivity index (χ1v) is 4.62. The van der Waals surface area contributed by atoms with Gasteiger partial charge in [-0.1, -0.05) is 0 Å². The van der Waals surface area contributed by atoms with Crippen molar-refractivity contribution in [1.29, 1.82) is 0 Å². The highest BCUT2D eigenvalue weighted by Crippen LogP contribution is 2.31. The van der Waals surface area contributed by atoms with Gasteiger partial charge in [0.15, 0.2) is 11.5 Å². The molecule has 2 rings (SSSR count). The van der Waals surface area contributed by atoms with E-state index in [0.29, 0.717) is 11.5 Å². The zero-order valence-corrected chi connectivity index (χ0v) is 8.34. The van der Waals surface area contributed by atoms with Crippen molar-refractivity contribution in [3.63, 3.8) is 0 Å². The normalized spacial score (nSPS) is 13.1. The van der Waals surface area contributed by atoms with Crippen molar-refractivity contribution in [2.24, 2.45) is 5.10 Å². The van der Waals surface area contributed by atoms with Gasteiger partial charge in [0.05, 0.1) is 6.21 Å². The Labute approximate surface area is 91.5 Å². The molecule has 1 aromatic rings. The molecule has 0 aromatic heterocycles. The number of nitrogens with zero attached hydrogens (tertiary/aromatic N) is 1. The van der Waals surface area contributed by atoms with Crippen molar-refractivity contribution in [2.45, 2.75) is 0 Å². The van der Waals surface area contributed by atoms with Crippen LogP contribution in [0.3, 0.4) is 0 Å². The number of hydrogen-bond acceptors (Lipinski definition) is 5. The van der Waals surface area contributed by atoms with E-state index < -0.39 is 12.5 Å². The molecule has 1 aliphatic rings. The highest BCUT2D eigenvalue weighted by molar-refractivity contribution is 5.83. The summed E-state index contributed by atoms with van der Waals surface area (Å²) >= 11 is 0. The van der Waals surface area contributed by atoms with Gasteiger partial charge in [-0.15, -0.1) is 0 Å². The predicted molar refractivity (Wildman–Crippen MR) is 55.4 cm³/mol. The van der Waals surface area contributed by atoms with E-state index in [-0.39, 0.29) is 6.79 Å². The number of hydrazone groups is 1. The Hall–Kier alpha value is -2.08. The molecule has 0 unspecified atom stereocenters. The number of hydrogen-bond donors (Lipinski definition) is 2. The van der Waals surface area contributed by atoms with Crippen LogP contribution in [0.2, 0.25) is 0 Å². The van der Waals surface area contributed by atoms with Gasteiger partial charge in [-0.2, -0.15) is 5.10 Å². The molecule has 0 atom stereocenters. The van der Waals surface area contributed by atoms with Crippen LogP contribution in [-0.2, 0) is 4.79 Å². The maximum atomic E-state index is 10.7. The summed E-state index contributed by atoms with van der Waals surface area (Å²) in [6, 6.07) is 5.29. The van der Waals surface area contributed by atoms with Crippen LogP contribution in [0, 0.1) is 0 Å². The van der Waals surface area contributed by atoms with Crippen LogP contribution < -0.4 is 14.9 Å². The second kappa shape index (κ2) is 4.63. The minimum Gasteiger partial charge on any atom is -0.454 e. The quantitative estimate of drug-likeness (QED) is 0.551. The first kappa shape index (κ1) is 10.4. The number of aliphatic hydroxyl groups excluding tert-OH is 1. The maximum Gasteiger partial charge on any atom is 0.265 e. The van der Waals surface area contributed by atoms with Crippen molar-refractivity contribution in [1.82, 2.24) is 5.43 Å². The van der Waals surface area contributed by atoms with Crippen LogP contribution in [0.4, 0.5) is 0 Å². The van der Waals surface area contributed by atoms with E-state index in [4.69, 9.17) is 14.6 Å². The average molecular weight is 222 g/mol. The molecule has 1 amide bonds. The standard InChI is InChI=1S/C10H10N2O4/c13-5-10(14)12-11-4-7-1-2-8-9(3-7)16-6-15-8/h1-4,13H,5-6H2,(H,12,14)/b11-4-. The highest BCUT2D eigenvalue weighted by atomic mass is 16.7. The Morgan fingerprint density at radius 1 is 1.50 bits per heavy atom. The van der Waals surface area contributed by atoms with E-state index in [9.17, 15) is 4.79 Å². The Bertz CT molecular complexity index is 431. The molecule has 0 spiro atoms. The molecule has 84 valence electrons. The molecule has 16 heavy (non-hydrogen) atoms. The summed E-state index contributed by atoms with van der Waals surface area (Å²) in [7, 11) is 0. The second-order valence-electron chi connectivity index (χ2n) is 3.06. The van der Waals surface area contributed by atoms with E-state index in [1.807, 2.05) is 0 Å². The summed E-state index contributed by atoms with van der Waals surface area (Å²) in [6.07, 6.45) is 1.45. The summed E-state index contributed by atoms with van der Waals surface area (Å²) in [4.78, 5) is 10.7. The average Bonchev–Trinajstić information content (AvgIpc) is 2.76. The zero-order chi connectivity index (χ0) is 11.4. The van der Waals surface area contributed by atoms with Crippen molar-refractivity contribution < 1.29 is 19.4 Å². The molecule has 0 saturated heterocycles. The number of ether oxygens (including phenoxy) is 2. The van der Waals surface area contributed by atoms with Crippen molar-refractivity contribution >= 4 is 12.1 Å². The summed E-state index contributed by atoms with van der Waals surface area (Å²) in [5.74, 6) is 0.783. The van der Waals surface area contributed by atoms with Gasteiger partial charge in [-0.3, -0.25) is 4.79 Å². The molecule has 0 radical (unpaired) electrons. The Morgan fingerprint density at radius 2 is 2.31 bits per heavy atom. The van der Waals surface area contributed by atoms with Crippen molar-refractivity contribution in [3.05, 3.63) is 23.8 Å². The fourth-order valence-corrected chi connectivity index (χ4v) is 1.21. The lowest BCUT2D eigenvalue weighted by atomic mass is 10.2. The SMILES string of the molecule is O=C(CO)N/N=C\c1ccc2c(c1)OCO2. The fourth-order valence-electron chi connectivity index (χ4n) is 1.21. The minimum atomic E-state index is -0.585. The van der Waals surface area contributed by atoms with Gasteiger partial charge >= 0.3 is 0 Å². The second-order valence-corrected chi connectivity index (χ2v) is 3.06. The topological polar surface area (TPSA) is 80.2 Å². The van der Waals surface area contributed by atoms with Gasteiger partial charge in [0.25, 0.3) is 5.91 Å². The first-order valence-electron chi connectivity index (χ1n) is 4.62. The predicted octanol–water partition coefficient (Wildman–Crippen LogP) is -0.142. The number of fused-ring (bicyclic) bond motifs is 1. The molecule has 2 N–H and O–H groups in total. The highest BCUT2D eigenvalue weighted by Gasteiger charge is 2.12. The largest absolute Gasteiger partial charge is 0.454 e. The third-order valence-electron chi connectivity index (χ3n) is 1.94. The molecule has 0 aliphatic carbocycles. The van der Waals surface area contributed by atoms with Gasteiger partial charge in [0.1, 0.15) is 6.61 Å². The maximum absolute atomic E-state index is 10.7. The number of amides is 1. The monoisotopic (exact) mass is 222 g/mol. The molecule has 1 aromatic carbocycles. The molecule has 0 bridgehead atoms. The van der Waals surface area contributed by atoms with Crippen LogP contribution >= 0.6 is 0 Å². The smallest absolute Gasteiger partial charge is 0.265 e. The first-order chi connectivity index (χ1) is 7.79. The summed E-state index contributed by atoms with van der Waals surface area (Å²) in [5, 5.41) is 12.1. The van der Waals surface area contributed by atoms with E-state index in [1.54, 1.807) is 18.2 Å². The van der Waals surface area contributed by atoms with Crippen LogP contribution in [0.1, 0.15) is 5.56 Å². The van der Waals surface area contributed by atoms with Gasteiger partial charge in [0.2, 0.25) is 6.79 Å². The number of rotatable bonds is 3. The van der Waals surface area contributed by atoms with Crippen LogP contribution in [-0.4, -0.2) is 30.6 Å². The van der Waals surface area contributed by atoms with Gasteiger partial charge in [-0.05, 0) is 23.8 Å². The molecule has 6 nitrogen and oxygen atoms in total. The van der Waals surface area contributed by atoms with E-state index in [2.05, 4.69) is 10.5 Å². The molecule has 0 saturated carbocycles. The van der Waals surface area contributed by atoms with Crippen molar-refractivity contribution in [2.75, 3.05) is 13.4 Å². The molecule has 0 fully saturated rings. The number of carbonyl (C=O) groups excluding carboxylic acids is 1. The molecule has 6 heteroatoms. The summed E-state index contributed by atoms with van der Waals surface area (Å²) in [6.45, 7) is -0.365. The Morgan fingerprint density at radius 3 is 3.12 bits per heavy atom. The van der Waals surface area contributed by atoms with E-state index in [1.165, 1.54) is 6.21 Å². The lowest BCUT2D eigenvalue weighted by Gasteiger charge is -1.97. The van der Waals surface area contributed by atoms with E-state index >= 15 is 0 Å². The number of carbonyl (C=O) groups is 1. The number of aliphatic hydroxyl groups is 1. The van der Waals surface area contributed by atoms with Gasteiger partial charge in [0, 0.05) is 0 Å². The number of nitrogens with one attached hydrogen (secondary N) is 1. The minimum absolute atomic E-state index is 0.219. The Balaban J connectivity index is 2.02. The lowest BCUT2D eigenvalue weighted by Crippen LogP contribution is -2.20. The van der Waals surface area contributed by atoms with Crippen LogP contribution in [0.5, 0.6) is 11.5 Å². The zero-order valence-electron chi connectivity index (χ0n) is 8.34. The fraction of sp³-hybridized carbons (Fsp3) is 0.200. The third-order valence-corrected chi connectivity index (χ3v) is 1.94. The summed E-state index contributed by atoms with van der Waals surface area (Å²) in [5.41, 5.74) is 2.92. The Kier molecular flexibility index (Phi) is 3.02. The van der Waals surface area contributed by atoms with Crippen LogP contribution in [0.25, 0.3) is 0 Å². The molecule has 1 aliphatic heterocycles. The molecule has 1 heterocycles. The summed E-state index contributed by atoms with van der Waals surface area (Å²) < 4.78 is 10.3. The molecular formula is C10H10N2O4. The number of benzene rings is 1. The lowest BCUT2D eigenvalue weighted by molar-refractivity contribution is -0.123. The van der Waals surface area contributed by atoms with E-state index in [0.717, 1.165) is 5.56 Å². The van der Waals surface area contributed by atoms with Crippen molar-refractivity contribution in [3.8, 4) is 11.5 Å². The van der Waals surface area contributed by atoms with Crippen LogP contribution in [0.15, 0.2) is 23.3 Å². The van der Waals surface area contributed by atoms with Gasteiger partial charge < -0.3 is 14.6 Å². The van der Waals surface area contributed by atoms with Gasteiger partial charge in [-0.25, -0.2) is 5.43 Å².